The van der Waals surface area contributed by atoms with E-state index in [2.05, 4.69) is 105 Å². The van der Waals surface area contributed by atoms with Crippen molar-refractivity contribution in [1.29, 1.82) is 0 Å². The van der Waals surface area contributed by atoms with Gasteiger partial charge in [0.25, 0.3) is 0 Å². The second-order valence-corrected chi connectivity index (χ2v) is 11.9. The molecule has 1 aliphatic heterocycles. The molecule has 0 radical (unpaired) electrons. The third-order valence-corrected chi connectivity index (χ3v) is 6.96. The van der Waals surface area contributed by atoms with Crippen molar-refractivity contribution in [3.8, 4) is 0 Å². The first-order valence-corrected chi connectivity index (χ1v) is 12.8. The number of nitrogens with one attached hydrogen (secondary N) is 2. The van der Waals surface area contributed by atoms with E-state index in [4.69, 9.17) is 4.74 Å². The van der Waals surface area contributed by atoms with Crippen LogP contribution in [0, 0.1) is 0 Å². The molecule has 3 rings (SSSR count). The fourth-order valence-corrected chi connectivity index (χ4v) is 4.71. The van der Waals surface area contributed by atoms with Gasteiger partial charge in [0, 0.05) is 24.9 Å². The van der Waals surface area contributed by atoms with Gasteiger partial charge in [0.15, 0.2) is 0 Å². The van der Waals surface area contributed by atoms with Gasteiger partial charge in [0.2, 0.25) is 0 Å². The second-order valence-electron chi connectivity index (χ2n) is 11.9. The lowest BCUT2D eigenvalue weighted by Gasteiger charge is -2.27. The van der Waals surface area contributed by atoms with Crippen molar-refractivity contribution in [2.24, 2.45) is 0 Å². The summed E-state index contributed by atoms with van der Waals surface area (Å²) in [5.74, 6) is -0.398. The summed E-state index contributed by atoms with van der Waals surface area (Å²) in [5, 5.41) is 6.13. The van der Waals surface area contributed by atoms with Crippen LogP contribution in [0.15, 0.2) is 48.5 Å². The predicted molar refractivity (Wildman–Crippen MR) is 143 cm³/mol. The molecule has 0 bridgehead atoms. The molecule has 1 saturated heterocycles. The maximum absolute atomic E-state index is 12.3. The Labute approximate surface area is 216 Å². The van der Waals surface area contributed by atoms with Crippen molar-refractivity contribution >= 4 is 12.1 Å². The van der Waals surface area contributed by atoms with E-state index in [0.717, 1.165) is 0 Å². The largest absolute Gasteiger partial charge is 0.467 e. The summed E-state index contributed by atoms with van der Waals surface area (Å²) in [4.78, 5) is 23.9. The number of rotatable bonds is 6. The third-order valence-electron chi connectivity index (χ3n) is 6.96. The zero-order valence-corrected chi connectivity index (χ0v) is 23.0. The molecule has 1 aliphatic rings. The van der Waals surface area contributed by atoms with Gasteiger partial charge in [0.05, 0.1) is 7.11 Å². The minimum atomic E-state index is -0.761. The molecule has 0 spiro atoms. The molecular weight excluding hydrogens is 452 g/mol. The van der Waals surface area contributed by atoms with Gasteiger partial charge in [-0.3, -0.25) is 0 Å². The Hall–Kier alpha value is -2.86. The Kier molecular flexibility index (Phi) is 8.50. The average molecular weight is 495 g/mol. The van der Waals surface area contributed by atoms with Crippen molar-refractivity contribution in [3.05, 3.63) is 70.8 Å². The minimum absolute atomic E-state index is 0.0849. The van der Waals surface area contributed by atoms with Gasteiger partial charge in [-0.2, -0.15) is 0 Å². The van der Waals surface area contributed by atoms with Crippen LogP contribution in [0.5, 0.6) is 0 Å². The van der Waals surface area contributed by atoms with Crippen LogP contribution in [0.2, 0.25) is 0 Å². The minimum Gasteiger partial charge on any atom is -0.467 e. The van der Waals surface area contributed by atoms with Gasteiger partial charge in [-0.25, -0.2) is 9.59 Å². The number of hydrogen-bond acceptors (Lipinski definition) is 5. The first kappa shape index (κ1) is 27.7. The van der Waals surface area contributed by atoms with Gasteiger partial charge < -0.3 is 20.1 Å². The van der Waals surface area contributed by atoms with E-state index >= 15 is 0 Å². The number of alkyl carbamates (subject to hydrolysis) is 1. The van der Waals surface area contributed by atoms with Crippen LogP contribution >= 0.6 is 0 Å². The van der Waals surface area contributed by atoms with Crippen LogP contribution in [0.1, 0.15) is 83.1 Å². The highest BCUT2D eigenvalue weighted by Gasteiger charge is 2.35. The standard InChI is InChI=1S/C30H42N2O4/c1-19(27(33)35-8)32-28(34)36-24-17-25(31-18-24)26(20-9-13-22(14-10-20)29(2,3)4)21-11-15-23(16-12-21)30(5,6)7/h9-16,19,24-26,31H,17-18H2,1-8H3,(H,32,34)/t19-,24+,25?/m0/s1. The molecule has 2 aromatic carbocycles. The molecule has 1 unspecified atom stereocenters. The molecule has 0 aromatic heterocycles. The number of carbonyl (C=O) groups is 2. The summed E-state index contributed by atoms with van der Waals surface area (Å²) in [6.07, 6.45) is -0.224. The Morgan fingerprint density at radius 1 is 0.889 bits per heavy atom. The lowest BCUT2D eigenvalue weighted by atomic mass is 9.80. The number of amides is 1. The van der Waals surface area contributed by atoms with Crippen molar-refractivity contribution in [2.45, 2.75) is 89.8 Å². The lowest BCUT2D eigenvalue weighted by Crippen LogP contribution is -2.41. The Bertz CT molecular complexity index is 975. The number of benzene rings is 2. The third kappa shape index (κ3) is 6.88. The van der Waals surface area contributed by atoms with Crippen LogP contribution in [0.3, 0.4) is 0 Å². The summed E-state index contributed by atoms with van der Waals surface area (Å²) in [6.45, 7) is 15.4. The number of ether oxygens (including phenoxy) is 2. The van der Waals surface area contributed by atoms with Crippen LogP contribution in [-0.4, -0.2) is 43.9 Å². The summed E-state index contributed by atoms with van der Waals surface area (Å²) >= 11 is 0. The molecule has 36 heavy (non-hydrogen) atoms. The Morgan fingerprint density at radius 2 is 1.36 bits per heavy atom. The first-order valence-electron chi connectivity index (χ1n) is 12.8. The normalized spacial score (nSPS) is 19.1. The molecule has 0 aliphatic carbocycles. The monoisotopic (exact) mass is 494 g/mol. The lowest BCUT2D eigenvalue weighted by molar-refractivity contribution is -0.142. The van der Waals surface area contributed by atoms with E-state index < -0.39 is 18.1 Å². The summed E-state index contributed by atoms with van der Waals surface area (Å²) in [7, 11) is 1.29. The number of hydrogen-bond donors (Lipinski definition) is 2. The van der Waals surface area contributed by atoms with Crippen molar-refractivity contribution in [3.63, 3.8) is 0 Å². The smallest absolute Gasteiger partial charge is 0.408 e. The van der Waals surface area contributed by atoms with E-state index in [1.807, 2.05) is 0 Å². The molecule has 2 aromatic rings. The molecule has 1 fully saturated rings. The van der Waals surface area contributed by atoms with Gasteiger partial charge in [-0.05, 0) is 40.0 Å². The molecule has 0 saturated carbocycles. The molecular formula is C30H42N2O4. The fourth-order valence-electron chi connectivity index (χ4n) is 4.71. The van der Waals surface area contributed by atoms with Crippen LogP contribution in [0.25, 0.3) is 0 Å². The topological polar surface area (TPSA) is 76.7 Å². The molecule has 6 heteroatoms. The highest BCUT2D eigenvalue weighted by molar-refractivity contribution is 5.80. The average Bonchev–Trinajstić information content (AvgIpc) is 3.25. The zero-order chi connectivity index (χ0) is 26.7. The Balaban J connectivity index is 1.82. The molecule has 1 amide bonds. The highest BCUT2D eigenvalue weighted by atomic mass is 16.6. The van der Waals surface area contributed by atoms with E-state index in [1.165, 1.54) is 29.4 Å². The molecule has 6 nitrogen and oxygen atoms in total. The highest BCUT2D eigenvalue weighted by Crippen LogP contribution is 2.35. The van der Waals surface area contributed by atoms with Gasteiger partial charge in [-0.15, -0.1) is 0 Å². The number of carbonyl (C=O) groups excluding carboxylic acids is 2. The van der Waals surface area contributed by atoms with Gasteiger partial charge in [-0.1, -0.05) is 90.1 Å². The summed E-state index contributed by atoms with van der Waals surface area (Å²) in [6, 6.07) is 17.1. The van der Waals surface area contributed by atoms with Crippen LogP contribution in [0.4, 0.5) is 4.79 Å². The van der Waals surface area contributed by atoms with E-state index in [1.54, 1.807) is 6.92 Å². The van der Waals surface area contributed by atoms with E-state index in [9.17, 15) is 9.59 Å². The maximum atomic E-state index is 12.3. The molecule has 3 atom stereocenters. The number of esters is 1. The molecule has 2 N–H and O–H groups in total. The van der Waals surface area contributed by atoms with Gasteiger partial charge in [0.1, 0.15) is 12.1 Å². The van der Waals surface area contributed by atoms with Crippen LogP contribution < -0.4 is 10.6 Å². The maximum Gasteiger partial charge on any atom is 0.408 e. The van der Waals surface area contributed by atoms with Crippen molar-refractivity contribution < 1.29 is 19.1 Å². The van der Waals surface area contributed by atoms with Gasteiger partial charge >= 0.3 is 12.1 Å². The fraction of sp³-hybridized carbons (Fsp3) is 0.533. The predicted octanol–water partition coefficient (Wildman–Crippen LogP) is 5.43. The number of methoxy groups -OCH3 is 1. The van der Waals surface area contributed by atoms with E-state index in [0.29, 0.717) is 13.0 Å². The summed E-state index contributed by atoms with van der Waals surface area (Å²) in [5.41, 5.74) is 5.22. The molecule has 196 valence electrons. The van der Waals surface area contributed by atoms with Crippen molar-refractivity contribution in [1.82, 2.24) is 10.6 Å². The SMILES string of the molecule is COC(=O)[C@H](C)NC(=O)O[C@H]1CNC(C(c2ccc(C(C)(C)C)cc2)c2ccc(C(C)(C)C)cc2)C1. The second kappa shape index (κ2) is 11.0. The Morgan fingerprint density at radius 3 is 1.78 bits per heavy atom. The van der Waals surface area contributed by atoms with Crippen LogP contribution in [-0.2, 0) is 25.1 Å². The first-order chi connectivity index (χ1) is 16.8. The van der Waals surface area contributed by atoms with E-state index in [-0.39, 0.29) is 28.9 Å². The zero-order valence-electron chi connectivity index (χ0n) is 23.0. The summed E-state index contributed by atoms with van der Waals surface area (Å²) < 4.78 is 10.3. The molecule has 1 heterocycles. The van der Waals surface area contributed by atoms with Crippen molar-refractivity contribution in [2.75, 3.05) is 13.7 Å². The quantitative estimate of drug-likeness (QED) is 0.524.